The fraction of sp³-hybridized carbons (Fsp3) is 0.360. The predicted molar refractivity (Wildman–Crippen MR) is 128 cm³/mol. The fourth-order valence-electron chi connectivity index (χ4n) is 4.52. The molecule has 1 atom stereocenters. The minimum absolute atomic E-state index is 0.0261. The van der Waals surface area contributed by atoms with Gasteiger partial charge in [-0.15, -0.1) is 11.3 Å². The molecule has 1 saturated heterocycles. The van der Waals surface area contributed by atoms with E-state index in [1.54, 1.807) is 22.6 Å². The molecule has 1 aromatic carbocycles. The van der Waals surface area contributed by atoms with Gasteiger partial charge >= 0.3 is 0 Å². The molecule has 0 bridgehead atoms. The van der Waals surface area contributed by atoms with Gasteiger partial charge in [-0.05, 0) is 54.6 Å². The SMILES string of the molecule is Cc1cccc(N2CCN(CC(=O)N3N=C(c4cccs4)CC3c3ccco3)CC2)c1C. The number of aryl methyl sites for hydroxylation is 1. The van der Waals surface area contributed by atoms with E-state index >= 15 is 0 Å². The van der Waals surface area contributed by atoms with Gasteiger partial charge in [-0.25, -0.2) is 5.01 Å². The van der Waals surface area contributed by atoms with Crippen LogP contribution in [0.15, 0.2) is 63.6 Å². The molecule has 0 aliphatic carbocycles. The highest BCUT2D eigenvalue weighted by Gasteiger charge is 2.36. The number of piperazine rings is 1. The summed E-state index contributed by atoms with van der Waals surface area (Å²) in [4.78, 5) is 19.1. The summed E-state index contributed by atoms with van der Waals surface area (Å²) >= 11 is 1.65. The summed E-state index contributed by atoms with van der Waals surface area (Å²) in [5.74, 6) is 0.812. The third-order valence-electron chi connectivity index (χ3n) is 6.49. The maximum atomic E-state index is 13.3. The third-order valence-corrected chi connectivity index (χ3v) is 7.41. The molecule has 0 radical (unpaired) electrons. The van der Waals surface area contributed by atoms with Gasteiger partial charge in [0.25, 0.3) is 5.91 Å². The first-order valence-electron chi connectivity index (χ1n) is 11.1. The number of hydrogen-bond donors (Lipinski definition) is 0. The Hall–Kier alpha value is -2.90. The van der Waals surface area contributed by atoms with E-state index in [0.717, 1.165) is 42.5 Å². The van der Waals surface area contributed by atoms with Gasteiger partial charge in [0.2, 0.25) is 0 Å². The minimum atomic E-state index is -0.175. The second-order valence-corrected chi connectivity index (χ2v) is 9.43. The average molecular weight is 449 g/mol. The van der Waals surface area contributed by atoms with Gasteiger partial charge in [0.1, 0.15) is 11.8 Å². The molecule has 7 heteroatoms. The molecular weight excluding hydrogens is 420 g/mol. The Morgan fingerprint density at radius 1 is 1.09 bits per heavy atom. The second-order valence-electron chi connectivity index (χ2n) is 8.48. The highest BCUT2D eigenvalue weighted by Crippen LogP contribution is 2.34. The summed E-state index contributed by atoms with van der Waals surface area (Å²) < 4.78 is 5.65. The number of anilines is 1. The quantitative estimate of drug-likeness (QED) is 0.578. The number of hydrazone groups is 1. The highest BCUT2D eigenvalue weighted by molar-refractivity contribution is 7.12. The number of rotatable bonds is 5. The van der Waals surface area contributed by atoms with Crippen LogP contribution in [0.3, 0.4) is 0 Å². The van der Waals surface area contributed by atoms with Crippen molar-refractivity contribution in [2.24, 2.45) is 5.10 Å². The molecule has 0 spiro atoms. The molecule has 2 aromatic heterocycles. The molecule has 0 N–H and O–H groups in total. The Morgan fingerprint density at radius 2 is 1.94 bits per heavy atom. The summed E-state index contributed by atoms with van der Waals surface area (Å²) in [6, 6.07) is 14.2. The summed E-state index contributed by atoms with van der Waals surface area (Å²) in [6.45, 7) is 8.28. The smallest absolute Gasteiger partial charge is 0.257 e. The Balaban J connectivity index is 1.26. The van der Waals surface area contributed by atoms with E-state index in [0.29, 0.717) is 13.0 Å². The van der Waals surface area contributed by atoms with Crippen molar-refractivity contribution in [2.45, 2.75) is 26.3 Å². The monoisotopic (exact) mass is 448 g/mol. The Bertz CT molecular complexity index is 1100. The molecule has 32 heavy (non-hydrogen) atoms. The van der Waals surface area contributed by atoms with Crippen molar-refractivity contribution >= 4 is 28.6 Å². The van der Waals surface area contributed by atoms with Crippen LogP contribution in [0.4, 0.5) is 5.69 Å². The molecule has 166 valence electrons. The van der Waals surface area contributed by atoms with Crippen LogP contribution in [0.1, 0.15) is 34.2 Å². The van der Waals surface area contributed by atoms with Gasteiger partial charge in [-0.3, -0.25) is 9.69 Å². The maximum absolute atomic E-state index is 13.3. The first-order chi connectivity index (χ1) is 15.6. The Kier molecular flexibility index (Phi) is 5.85. The van der Waals surface area contributed by atoms with Crippen molar-refractivity contribution in [1.29, 1.82) is 0 Å². The number of furan rings is 1. The van der Waals surface area contributed by atoms with Gasteiger partial charge < -0.3 is 9.32 Å². The Morgan fingerprint density at radius 3 is 2.66 bits per heavy atom. The van der Waals surface area contributed by atoms with E-state index in [2.05, 4.69) is 47.9 Å². The molecule has 1 fully saturated rings. The first kappa shape index (κ1) is 21.0. The Labute approximate surface area is 192 Å². The van der Waals surface area contributed by atoms with Crippen molar-refractivity contribution in [1.82, 2.24) is 9.91 Å². The first-order valence-corrected chi connectivity index (χ1v) is 12.0. The number of amides is 1. The third kappa shape index (κ3) is 4.10. The molecule has 1 unspecified atom stereocenters. The molecule has 0 saturated carbocycles. The van der Waals surface area contributed by atoms with E-state index < -0.39 is 0 Å². The lowest BCUT2D eigenvalue weighted by Crippen LogP contribution is -2.49. The molecule has 1 amide bonds. The number of hydrogen-bond acceptors (Lipinski definition) is 6. The van der Waals surface area contributed by atoms with Crippen LogP contribution in [-0.2, 0) is 4.79 Å². The zero-order chi connectivity index (χ0) is 22.1. The molecule has 5 rings (SSSR count). The summed E-state index contributed by atoms with van der Waals surface area (Å²) in [7, 11) is 0. The molecule has 2 aliphatic heterocycles. The zero-order valence-corrected chi connectivity index (χ0v) is 19.3. The largest absolute Gasteiger partial charge is 0.467 e. The van der Waals surface area contributed by atoms with E-state index in [9.17, 15) is 4.79 Å². The minimum Gasteiger partial charge on any atom is -0.467 e. The summed E-state index contributed by atoms with van der Waals surface area (Å²) in [5, 5.41) is 8.42. The normalized spacial score (nSPS) is 19.4. The number of thiophene rings is 1. The number of carbonyl (C=O) groups excluding carboxylic acids is 1. The van der Waals surface area contributed by atoms with E-state index in [1.807, 2.05) is 23.6 Å². The van der Waals surface area contributed by atoms with Crippen LogP contribution in [0.2, 0.25) is 0 Å². The molecule has 6 nitrogen and oxygen atoms in total. The maximum Gasteiger partial charge on any atom is 0.257 e. The van der Waals surface area contributed by atoms with Crippen molar-refractivity contribution in [2.75, 3.05) is 37.6 Å². The van der Waals surface area contributed by atoms with E-state index in [4.69, 9.17) is 9.52 Å². The molecule has 2 aliphatic rings. The zero-order valence-electron chi connectivity index (χ0n) is 18.5. The lowest BCUT2D eigenvalue weighted by atomic mass is 10.1. The molecule has 4 heterocycles. The summed E-state index contributed by atoms with van der Waals surface area (Å²) in [5.41, 5.74) is 4.91. The van der Waals surface area contributed by atoms with Crippen LogP contribution in [0.25, 0.3) is 0 Å². The highest BCUT2D eigenvalue weighted by atomic mass is 32.1. The van der Waals surface area contributed by atoms with Gasteiger partial charge in [0, 0.05) is 38.3 Å². The average Bonchev–Trinajstić information content (AvgIpc) is 3.56. The topological polar surface area (TPSA) is 52.3 Å². The fourth-order valence-corrected chi connectivity index (χ4v) is 5.24. The van der Waals surface area contributed by atoms with Crippen molar-refractivity contribution in [3.8, 4) is 0 Å². The molecule has 3 aromatic rings. The number of benzene rings is 1. The van der Waals surface area contributed by atoms with Crippen LogP contribution >= 0.6 is 11.3 Å². The standard InChI is InChI=1S/C25H28N4O2S/c1-18-6-3-7-21(19(18)2)28-12-10-27(11-13-28)17-25(30)29-22(23-8-4-14-31-23)16-20(26-29)24-9-5-15-32-24/h3-9,14-15,22H,10-13,16-17H2,1-2H3. The van der Waals surface area contributed by atoms with Gasteiger partial charge in [-0.1, -0.05) is 18.2 Å². The van der Waals surface area contributed by atoms with Gasteiger partial charge in [-0.2, -0.15) is 5.10 Å². The van der Waals surface area contributed by atoms with Crippen LogP contribution in [0, 0.1) is 13.8 Å². The second kappa shape index (κ2) is 8.92. The van der Waals surface area contributed by atoms with Gasteiger partial charge in [0.05, 0.1) is 23.4 Å². The van der Waals surface area contributed by atoms with Gasteiger partial charge in [0.15, 0.2) is 0 Å². The lowest BCUT2D eigenvalue weighted by Gasteiger charge is -2.37. The van der Waals surface area contributed by atoms with Crippen molar-refractivity contribution in [3.63, 3.8) is 0 Å². The van der Waals surface area contributed by atoms with Crippen molar-refractivity contribution < 1.29 is 9.21 Å². The van der Waals surface area contributed by atoms with Crippen LogP contribution in [-0.4, -0.2) is 54.3 Å². The molecular formula is C25H28N4O2S. The van der Waals surface area contributed by atoms with Crippen LogP contribution in [0.5, 0.6) is 0 Å². The summed E-state index contributed by atoms with van der Waals surface area (Å²) in [6.07, 6.45) is 2.34. The predicted octanol–water partition coefficient (Wildman–Crippen LogP) is 4.46. The van der Waals surface area contributed by atoms with E-state index in [-0.39, 0.29) is 11.9 Å². The number of carbonyl (C=O) groups is 1. The van der Waals surface area contributed by atoms with E-state index in [1.165, 1.54) is 16.8 Å². The lowest BCUT2D eigenvalue weighted by molar-refractivity contribution is -0.134. The number of nitrogens with zero attached hydrogens (tertiary/aromatic N) is 4. The van der Waals surface area contributed by atoms with Crippen LogP contribution < -0.4 is 4.90 Å². The van der Waals surface area contributed by atoms with Crippen molar-refractivity contribution in [3.05, 3.63) is 75.9 Å².